The summed E-state index contributed by atoms with van der Waals surface area (Å²) < 4.78 is 0. The molecule has 0 rings (SSSR count). The standard InChI is InChI=1S/C11H19ClN2O3/c1-7(12)6-13-10(17)14-8(5-9(15)16)11(2,3)4/h8H,1,5-6H2,2-4H3,(H,15,16)(H2,13,14,17). The zero-order valence-corrected chi connectivity index (χ0v) is 11.1. The van der Waals surface area contributed by atoms with Crippen LogP contribution in [0.2, 0.25) is 0 Å². The average molecular weight is 263 g/mol. The first-order valence-electron chi connectivity index (χ1n) is 5.22. The molecule has 0 aromatic heterocycles. The molecule has 2 amide bonds. The van der Waals surface area contributed by atoms with Crippen LogP contribution in [0.3, 0.4) is 0 Å². The number of rotatable bonds is 5. The quantitative estimate of drug-likeness (QED) is 0.708. The number of halogens is 1. The molecule has 0 aliphatic rings. The van der Waals surface area contributed by atoms with Gasteiger partial charge in [0.05, 0.1) is 13.0 Å². The second-order valence-electron chi connectivity index (χ2n) is 4.86. The van der Waals surface area contributed by atoms with Gasteiger partial charge in [-0.25, -0.2) is 4.79 Å². The Morgan fingerprint density at radius 1 is 1.41 bits per heavy atom. The fourth-order valence-electron chi connectivity index (χ4n) is 1.13. The van der Waals surface area contributed by atoms with E-state index in [4.69, 9.17) is 16.7 Å². The SMILES string of the molecule is C=C(Cl)CNC(=O)NC(CC(=O)O)C(C)(C)C. The highest BCUT2D eigenvalue weighted by Gasteiger charge is 2.28. The third kappa shape index (κ3) is 7.63. The minimum absolute atomic E-state index is 0.126. The van der Waals surface area contributed by atoms with Gasteiger partial charge < -0.3 is 15.7 Å². The summed E-state index contributed by atoms with van der Waals surface area (Å²) in [5.74, 6) is -0.952. The Morgan fingerprint density at radius 2 is 1.94 bits per heavy atom. The van der Waals surface area contributed by atoms with Gasteiger partial charge in [0, 0.05) is 11.1 Å². The highest BCUT2D eigenvalue weighted by molar-refractivity contribution is 6.29. The summed E-state index contributed by atoms with van der Waals surface area (Å²) in [6.45, 7) is 9.17. The van der Waals surface area contributed by atoms with Gasteiger partial charge in [-0.2, -0.15) is 0 Å². The van der Waals surface area contributed by atoms with Crippen molar-refractivity contribution in [3.63, 3.8) is 0 Å². The highest BCUT2D eigenvalue weighted by Crippen LogP contribution is 2.21. The number of hydrogen-bond acceptors (Lipinski definition) is 2. The van der Waals surface area contributed by atoms with Crippen LogP contribution in [0.15, 0.2) is 11.6 Å². The van der Waals surface area contributed by atoms with Gasteiger partial charge >= 0.3 is 12.0 Å². The average Bonchev–Trinajstić information content (AvgIpc) is 2.11. The van der Waals surface area contributed by atoms with Crippen LogP contribution in [0.4, 0.5) is 4.79 Å². The second-order valence-corrected chi connectivity index (χ2v) is 5.40. The maximum atomic E-state index is 11.5. The molecule has 0 fully saturated rings. The van der Waals surface area contributed by atoms with E-state index in [1.54, 1.807) is 0 Å². The van der Waals surface area contributed by atoms with Crippen molar-refractivity contribution in [1.29, 1.82) is 0 Å². The van der Waals surface area contributed by atoms with Crippen molar-refractivity contribution >= 4 is 23.6 Å². The number of carbonyl (C=O) groups is 2. The van der Waals surface area contributed by atoms with Crippen LogP contribution in [0, 0.1) is 5.41 Å². The molecule has 0 saturated carbocycles. The van der Waals surface area contributed by atoms with Crippen LogP contribution >= 0.6 is 11.6 Å². The van der Waals surface area contributed by atoms with Crippen LogP contribution in [0.25, 0.3) is 0 Å². The Morgan fingerprint density at radius 3 is 2.29 bits per heavy atom. The summed E-state index contributed by atoms with van der Waals surface area (Å²) in [6, 6.07) is -0.906. The summed E-state index contributed by atoms with van der Waals surface area (Å²) in [7, 11) is 0. The third-order valence-electron chi connectivity index (χ3n) is 2.17. The normalized spacial score (nSPS) is 12.7. The Balaban J connectivity index is 4.38. The van der Waals surface area contributed by atoms with Crippen molar-refractivity contribution in [3.05, 3.63) is 11.6 Å². The Hall–Kier alpha value is -1.23. The molecule has 3 N–H and O–H groups in total. The van der Waals surface area contributed by atoms with Crippen LogP contribution in [-0.4, -0.2) is 29.7 Å². The lowest BCUT2D eigenvalue weighted by Crippen LogP contribution is -2.49. The van der Waals surface area contributed by atoms with E-state index in [0.29, 0.717) is 5.03 Å². The molecule has 0 aromatic rings. The van der Waals surface area contributed by atoms with E-state index >= 15 is 0 Å². The number of nitrogens with one attached hydrogen (secondary N) is 2. The van der Waals surface area contributed by atoms with Crippen LogP contribution in [0.1, 0.15) is 27.2 Å². The van der Waals surface area contributed by atoms with Crippen LogP contribution < -0.4 is 10.6 Å². The van der Waals surface area contributed by atoms with Crippen molar-refractivity contribution in [2.24, 2.45) is 5.41 Å². The summed E-state index contributed by atoms with van der Waals surface area (Å²) >= 11 is 5.50. The molecule has 0 bridgehead atoms. The lowest BCUT2D eigenvalue weighted by Gasteiger charge is -2.30. The third-order valence-corrected chi connectivity index (χ3v) is 2.30. The maximum Gasteiger partial charge on any atom is 0.315 e. The fraction of sp³-hybridized carbons (Fsp3) is 0.636. The predicted molar refractivity (Wildman–Crippen MR) is 67.0 cm³/mol. The lowest BCUT2D eigenvalue weighted by molar-refractivity contribution is -0.138. The molecule has 98 valence electrons. The smallest absolute Gasteiger partial charge is 0.315 e. The molecule has 0 radical (unpaired) electrons. The van der Waals surface area contributed by atoms with Gasteiger partial charge in [-0.3, -0.25) is 4.79 Å². The number of hydrogen-bond donors (Lipinski definition) is 3. The Bertz CT molecular complexity index is 310. The molecule has 6 heteroatoms. The van der Waals surface area contributed by atoms with E-state index in [9.17, 15) is 9.59 Å². The number of urea groups is 1. The van der Waals surface area contributed by atoms with Crippen LogP contribution in [0.5, 0.6) is 0 Å². The van der Waals surface area contributed by atoms with Gasteiger partial charge in [0.15, 0.2) is 0 Å². The van der Waals surface area contributed by atoms with Crippen molar-refractivity contribution in [3.8, 4) is 0 Å². The van der Waals surface area contributed by atoms with Crippen molar-refractivity contribution in [2.45, 2.75) is 33.2 Å². The Kier molecular flexibility index (Phi) is 6.02. The van der Waals surface area contributed by atoms with Crippen molar-refractivity contribution in [1.82, 2.24) is 10.6 Å². The van der Waals surface area contributed by atoms with Gasteiger partial charge in [-0.05, 0) is 5.41 Å². The topological polar surface area (TPSA) is 78.4 Å². The van der Waals surface area contributed by atoms with E-state index in [-0.39, 0.29) is 18.4 Å². The Labute approximate surface area is 106 Å². The molecule has 0 saturated heterocycles. The lowest BCUT2D eigenvalue weighted by atomic mass is 9.85. The molecule has 0 aromatic carbocycles. The zero-order chi connectivity index (χ0) is 13.6. The van der Waals surface area contributed by atoms with E-state index < -0.39 is 18.0 Å². The first-order chi connectivity index (χ1) is 7.62. The summed E-state index contributed by atoms with van der Waals surface area (Å²) in [5, 5.41) is 14.2. The van der Waals surface area contributed by atoms with Gasteiger partial charge in [-0.15, -0.1) is 0 Å². The van der Waals surface area contributed by atoms with E-state index in [1.165, 1.54) is 0 Å². The number of carboxylic acids is 1. The summed E-state index contributed by atoms with van der Waals surface area (Å²) in [5.41, 5.74) is -0.340. The molecule has 1 unspecified atom stereocenters. The molecule has 0 aliphatic heterocycles. The van der Waals surface area contributed by atoms with Crippen molar-refractivity contribution < 1.29 is 14.7 Å². The predicted octanol–water partition coefficient (Wildman–Crippen LogP) is 1.93. The van der Waals surface area contributed by atoms with Crippen LogP contribution in [-0.2, 0) is 4.79 Å². The molecule has 0 heterocycles. The first kappa shape index (κ1) is 15.8. The summed E-state index contributed by atoms with van der Waals surface area (Å²) in [6.07, 6.45) is -0.126. The number of carboxylic acid groups (broad SMARTS) is 1. The number of carbonyl (C=O) groups excluding carboxylic acids is 1. The van der Waals surface area contributed by atoms with Gasteiger partial charge in [0.2, 0.25) is 0 Å². The molecule has 17 heavy (non-hydrogen) atoms. The first-order valence-corrected chi connectivity index (χ1v) is 5.60. The summed E-state index contributed by atoms with van der Waals surface area (Å²) in [4.78, 5) is 22.2. The second kappa shape index (κ2) is 6.49. The maximum absolute atomic E-state index is 11.5. The molecule has 0 aliphatic carbocycles. The molecule has 5 nitrogen and oxygen atoms in total. The molecular formula is C11H19ClN2O3. The minimum Gasteiger partial charge on any atom is -0.481 e. The molecule has 1 atom stereocenters. The van der Waals surface area contributed by atoms with E-state index in [2.05, 4.69) is 17.2 Å². The number of aliphatic carboxylic acids is 1. The monoisotopic (exact) mass is 262 g/mol. The minimum atomic E-state index is -0.952. The van der Waals surface area contributed by atoms with Gasteiger partial charge in [0.25, 0.3) is 0 Å². The highest BCUT2D eigenvalue weighted by atomic mass is 35.5. The number of amides is 2. The van der Waals surface area contributed by atoms with E-state index in [0.717, 1.165) is 0 Å². The molecule has 0 spiro atoms. The van der Waals surface area contributed by atoms with Crippen molar-refractivity contribution in [2.75, 3.05) is 6.54 Å². The fourth-order valence-corrected chi connectivity index (χ4v) is 1.20. The zero-order valence-electron chi connectivity index (χ0n) is 10.3. The van der Waals surface area contributed by atoms with Gasteiger partial charge in [-0.1, -0.05) is 39.0 Å². The largest absolute Gasteiger partial charge is 0.481 e. The molecular weight excluding hydrogens is 244 g/mol. The van der Waals surface area contributed by atoms with E-state index in [1.807, 2.05) is 20.8 Å². The van der Waals surface area contributed by atoms with Gasteiger partial charge in [0.1, 0.15) is 0 Å².